The third-order valence-corrected chi connectivity index (χ3v) is 4.18. The number of amides is 1. The Labute approximate surface area is 140 Å². The van der Waals surface area contributed by atoms with Crippen LogP contribution < -0.4 is 5.32 Å². The van der Waals surface area contributed by atoms with Gasteiger partial charge in [-0.15, -0.1) is 0 Å². The highest BCUT2D eigenvalue weighted by atomic mass is 32.2. The Kier molecular flexibility index (Phi) is 5.48. The second kappa shape index (κ2) is 7.37. The predicted octanol–water partition coefficient (Wildman–Crippen LogP) is 1.93. The zero-order valence-electron chi connectivity index (χ0n) is 13.0. The van der Waals surface area contributed by atoms with Gasteiger partial charge in [0, 0.05) is 5.56 Å². The third-order valence-electron chi connectivity index (χ3n) is 3.43. The van der Waals surface area contributed by atoms with E-state index in [0.717, 1.165) is 18.1 Å². The first-order valence-electron chi connectivity index (χ1n) is 7.18. The molecular formula is C17H17NO5S. The number of hydrogen-bond acceptors (Lipinski definition) is 4. The van der Waals surface area contributed by atoms with Gasteiger partial charge in [-0.1, -0.05) is 42.5 Å². The molecule has 0 saturated carbocycles. The normalized spacial score (nSPS) is 12.4. The van der Waals surface area contributed by atoms with Crippen LogP contribution in [0.5, 0.6) is 0 Å². The zero-order chi connectivity index (χ0) is 17.7. The van der Waals surface area contributed by atoms with Crippen molar-refractivity contribution >= 4 is 21.8 Å². The minimum Gasteiger partial charge on any atom is -0.341 e. The highest BCUT2D eigenvalue weighted by molar-refractivity contribution is 7.85. The first kappa shape index (κ1) is 17.8. The van der Waals surface area contributed by atoms with E-state index in [1.165, 1.54) is 0 Å². The highest BCUT2D eigenvalue weighted by Crippen LogP contribution is 2.19. The average Bonchev–Trinajstić information content (AvgIpc) is 2.54. The molecule has 2 aromatic carbocycles. The summed E-state index contributed by atoms with van der Waals surface area (Å²) in [7, 11) is -4.37. The molecule has 2 aromatic rings. The number of nitrogens with one attached hydrogen (secondary N) is 1. The van der Waals surface area contributed by atoms with Crippen LogP contribution in [-0.4, -0.2) is 36.5 Å². The SMILES string of the molecule is CC(=O)C(CS(=O)(=O)O)NC(=O)c1ccc(-c2ccccc2)cc1. The number of benzene rings is 2. The lowest BCUT2D eigenvalue weighted by Gasteiger charge is -2.14. The molecule has 0 aliphatic rings. The standard InChI is InChI=1S/C17H17NO5S/c1-12(19)16(11-24(21,22)23)18-17(20)15-9-7-14(8-10-15)13-5-3-2-4-6-13/h2-10,16H,11H2,1H3,(H,18,20)(H,21,22,23). The van der Waals surface area contributed by atoms with E-state index in [9.17, 15) is 18.0 Å². The summed E-state index contributed by atoms with van der Waals surface area (Å²) in [5.41, 5.74) is 2.21. The van der Waals surface area contributed by atoms with Gasteiger partial charge in [0.1, 0.15) is 11.8 Å². The van der Waals surface area contributed by atoms with Gasteiger partial charge < -0.3 is 5.32 Å². The molecule has 7 heteroatoms. The fourth-order valence-corrected chi connectivity index (χ4v) is 2.90. The summed E-state index contributed by atoms with van der Waals surface area (Å²) in [6.45, 7) is 1.15. The van der Waals surface area contributed by atoms with E-state index in [-0.39, 0.29) is 5.56 Å². The number of carbonyl (C=O) groups is 2. The van der Waals surface area contributed by atoms with Gasteiger partial charge in [-0.2, -0.15) is 8.42 Å². The fourth-order valence-electron chi connectivity index (χ4n) is 2.16. The van der Waals surface area contributed by atoms with Crippen molar-refractivity contribution in [1.29, 1.82) is 0 Å². The Bertz CT molecular complexity index is 829. The van der Waals surface area contributed by atoms with Crippen LogP contribution in [0.1, 0.15) is 17.3 Å². The highest BCUT2D eigenvalue weighted by Gasteiger charge is 2.23. The summed E-state index contributed by atoms with van der Waals surface area (Å²) in [5, 5.41) is 2.32. The van der Waals surface area contributed by atoms with Crippen molar-refractivity contribution in [1.82, 2.24) is 5.32 Å². The summed E-state index contributed by atoms with van der Waals surface area (Å²) in [4.78, 5) is 23.6. The van der Waals surface area contributed by atoms with Crippen LogP contribution in [0.25, 0.3) is 11.1 Å². The molecule has 0 bridgehead atoms. The van der Waals surface area contributed by atoms with Crippen LogP contribution in [0.4, 0.5) is 0 Å². The van der Waals surface area contributed by atoms with E-state index >= 15 is 0 Å². The number of hydrogen-bond donors (Lipinski definition) is 2. The quantitative estimate of drug-likeness (QED) is 0.778. The van der Waals surface area contributed by atoms with Crippen LogP contribution in [0.3, 0.4) is 0 Å². The lowest BCUT2D eigenvalue weighted by molar-refractivity contribution is -0.118. The third kappa shape index (κ3) is 5.00. The molecule has 1 unspecified atom stereocenters. The second-order valence-electron chi connectivity index (χ2n) is 5.33. The number of rotatable bonds is 6. The van der Waals surface area contributed by atoms with Crippen molar-refractivity contribution in [2.24, 2.45) is 0 Å². The molecule has 0 heterocycles. The van der Waals surface area contributed by atoms with Gasteiger partial charge in [-0.3, -0.25) is 14.1 Å². The molecular weight excluding hydrogens is 330 g/mol. The Morgan fingerprint density at radius 2 is 1.54 bits per heavy atom. The van der Waals surface area contributed by atoms with Crippen molar-refractivity contribution < 1.29 is 22.6 Å². The van der Waals surface area contributed by atoms with E-state index in [1.807, 2.05) is 30.3 Å². The van der Waals surface area contributed by atoms with Gasteiger partial charge in [0.05, 0.1) is 0 Å². The topological polar surface area (TPSA) is 101 Å². The lowest BCUT2D eigenvalue weighted by atomic mass is 10.0. The second-order valence-corrected chi connectivity index (χ2v) is 6.83. The average molecular weight is 347 g/mol. The number of carbonyl (C=O) groups excluding carboxylic acids is 2. The summed E-state index contributed by atoms with van der Waals surface area (Å²) >= 11 is 0. The molecule has 0 radical (unpaired) electrons. The minimum atomic E-state index is -4.37. The molecule has 0 aromatic heterocycles. The van der Waals surface area contributed by atoms with Crippen molar-refractivity contribution in [3.63, 3.8) is 0 Å². The Morgan fingerprint density at radius 3 is 2.04 bits per heavy atom. The van der Waals surface area contributed by atoms with Gasteiger partial charge in [-0.05, 0) is 30.2 Å². The maximum Gasteiger partial charge on any atom is 0.267 e. The van der Waals surface area contributed by atoms with Crippen LogP contribution in [0, 0.1) is 0 Å². The molecule has 0 saturated heterocycles. The summed E-state index contributed by atoms with van der Waals surface area (Å²) in [6, 6.07) is 15.0. The first-order chi connectivity index (χ1) is 11.3. The Hall–Kier alpha value is -2.51. The minimum absolute atomic E-state index is 0.288. The molecule has 1 amide bonds. The van der Waals surface area contributed by atoms with E-state index in [4.69, 9.17) is 4.55 Å². The maximum atomic E-state index is 12.2. The Morgan fingerprint density at radius 1 is 1.00 bits per heavy atom. The van der Waals surface area contributed by atoms with E-state index in [1.54, 1.807) is 24.3 Å². The smallest absolute Gasteiger partial charge is 0.267 e. The van der Waals surface area contributed by atoms with Crippen LogP contribution in [-0.2, 0) is 14.9 Å². The summed E-state index contributed by atoms with van der Waals surface area (Å²) < 4.78 is 30.7. The van der Waals surface area contributed by atoms with Crippen LogP contribution in [0.15, 0.2) is 54.6 Å². The van der Waals surface area contributed by atoms with Crippen molar-refractivity contribution in [2.75, 3.05) is 5.75 Å². The largest absolute Gasteiger partial charge is 0.341 e. The monoisotopic (exact) mass is 347 g/mol. The molecule has 2 N–H and O–H groups in total. The van der Waals surface area contributed by atoms with Gasteiger partial charge >= 0.3 is 0 Å². The van der Waals surface area contributed by atoms with E-state index in [2.05, 4.69) is 5.32 Å². The van der Waals surface area contributed by atoms with E-state index < -0.39 is 33.6 Å². The molecule has 126 valence electrons. The fraction of sp³-hybridized carbons (Fsp3) is 0.176. The lowest BCUT2D eigenvalue weighted by Crippen LogP contribution is -2.44. The summed E-state index contributed by atoms with van der Waals surface area (Å²) in [6.07, 6.45) is 0. The summed E-state index contributed by atoms with van der Waals surface area (Å²) in [5.74, 6) is -1.99. The van der Waals surface area contributed by atoms with Gasteiger partial charge in [0.15, 0.2) is 5.78 Å². The molecule has 0 fully saturated rings. The molecule has 24 heavy (non-hydrogen) atoms. The molecule has 0 spiro atoms. The molecule has 6 nitrogen and oxygen atoms in total. The Balaban J connectivity index is 2.13. The van der Waals surface area contributed by atoms with Crippen molar-refractivity contribution in [2.45, 2.75) is 13.0 Å². The van der Waals surface area contributed by atoms with Gasteiger partial charge in [0.25, 0.3) is 16.0 Å². The van der Waals surface area contributed by atoms with Crippen molar-refractivity contribution in [3.05, 3.63) is 60.2 Å². The molecule has 0 aliphatic heterocycles. The molecule has 0 aliphatic carbocycles. The zero-order valence-corrected chi connectivity index (χ0v) is 13.8. The first-order valence-corrected chi connectivity index (χ1v) is 8.79. The maximum absolute atomic E-state index is 12.2. The van der Waals surface area contributed by atoms with Gasteiger partial charge in [-0.25, -0.2) is 0 Å². The van der Waals surface area contributed by atoms with Crippen molar-refractivity contribution in [3.8, 4) is 11.1 Å². The van der Waals surface area contributed by atoms with E-state index in [0.29, 0.717) is 0 Å². The number of ketones is 1. The molecule has 1 atom stereocenters. The number of Topliss-reactive ketones (excluding diaryl/α,β-unsaturated/α-hetero) is 1. The predicted molar refractivity (Wildman–Crippen MR) is 90.2 cm³/mol. The molecule has 2 rings (SSSR count). The van der Waals surface area contributed by atoms with Gasteiger partial charge in [0.2, 0.25) is 0 Å². The van der Waals surface area contributed by atoms with Crippen LogP contribution in [0.2, 0.25) is 0 Å². The van der Waals surface area contributed by atoms with Crippen LogP contribution >= 0.6 is 0 Å².